The zero-order valence-electron chi connectivity index (χ0n) is 10.9. The van der Waals surface area contributed by atoms with Crippen LogP contribution in [0.5, 0.6) is 0 Å². The maximum absolute atomic E-state index is 12.0. The van der Waals surface area contributed by atoms with Crippen LogP contribution in [-0.4, -0.2) is 29.3 Å². The highest BCUT2D eigenvalue weighted by atomic mass is 16.5. The smallest absolute Gasteiger partial charge is 0.293 e. The number of aryl methyl sites for hydroxylation is 1. The van der Waals surface area contributed by atoms with Gasteiger partial charge in [0.05, 0.1) is 0 Å². The van der Waals surface area contributed by atoms with Gasteiger partial charge in [0.15, 0.2) is 5.82 Å². The summed E-state index contributed by atoms with van der Waals surface area (Å²) in [5.74, 6) is 1.09. The second-order valence-electron chi connectivity index (χ2n) is 4.72. The molecule has 0 bridgehead atoms. The zero-order valence-corrected chi connectivity index (χ0v) is 10.9. The molecule has 18 heavy (non-hydrogen) atoms. The van der Waals surface area contributed by atoms with Crippen LogP contribution in [0.15, 0.2) is 17.2 Å². The molecule has 2 rings (SSSR count). The lowest BCUT2D eigenvalue weighted by Gasteiger charge is -2.10. The topological polar surface area (TPSA) is 56.1 Å². The van der Waals surface area contributed by atoms with Gasteiger partial charge in [-0.2, -0.15) is 0 Å². The first-order valence-corrected chi connectivity index (χ1v) is 6.68. The van der Waals surface area contributed by atoms with Crippen LogP contribution in [0.3, 0.4) is 0 Å². The minimum absolute atomic E-state index is 0.0259. The zero-order chi connectivity index (χ0) is 12.8. The third kappa shape index (κ3) is 3.32. The van der Waals surface area contributed by atoms with Gasteiger partial charge >= 0.3 is 0 Å². The van der Waals surface area contributed by atoms with Gasteiger partial charge in [-0.3, -0.25) is 4.79 Å². The number of nitrogens with one attached hydrogen (secondary N) is 1. The Morgan fingerprint density at radius 2 is 2.50 bits per heavy atom. The fraction of sp³-hybridized carbons (Fsp3) is 0.692. The van der Waals surface area contributed by atoms with Gasteiger partial charge in [-0.1, -0.05) is 6.92 Å². The van der Waals surface area contributed by atoms with E-state index in [1.165, 1.54) is 0 Å². The molecular weight excluding hydrogens is 230 g/mol. The van der Waals surface area contributed by atoms with Gasteiger partial charge in [-0.25, -0.2) is 4.98 Å². The standard InChI is InChI=1S/C13H21N3O2/c1-2-7-16-8-6-15-12(13(16)17)14-5-3-11-4-9-18-10-11/h6,8,11H,2-5,7,9-10H2,1H3,(H,14,15). The van der Waals surface area contributed by atoms with E-state index in [1.807, 2.05) is 0 Å². The van der Waals surface area contributed by atoms with Crippen LogP contribution in [0.1, 0.15) is 26.2 Å². The second kappa shape index (κ2) is 6.54. The number of hydrogen-bond donors (Lipinski definition) is 1. The largest absolute Gasteiger partial charge is 0.381 e. The lowest BCUT2D eigenvalue weighted by molar-refractivity contribution is 0.185. The summed E-state index contributed by atoms with van der Waals surface area (Å²) < 4.78 is 7.03. The Labute approximate surface area is 107 Å². The van der Waals surface area contributed by atoms with E-state index in [9.17, 15) is 4.79 Å². The van der Waals surface area contributed by atoms with Gasteiger partial charge in [0.1, 0.15) is 0 Å². The summed E-state index contributed by atoms with van der Waals surface area (Å²) in [6, 6.07) is 0. The molecule has 1 aromatic heterocycles. The molecule has 5 heteroatoms. The fourth-order valence-corrected chi connectivity index (χ4v) is 2.19. The highest BCUT2D eigenvalue weighted by molar-refractivity contribution is 5.30. The lowest BCUT2D eigenvalue weighted by Crippen LogP contribution is -2.25. The van der Waals surface area contributed by atoms with Crippen LogP contribution in [-0.2, 0) is 11.3 Å². The number of nitrogens with zero attached hydrogens (tertiary/aromatic N) is 2. The van der Waals surface area contributed by atoms with E-state index >= 15 is 0 Å². The Balaban J connectivity index is 1.88. The number of ether oxygens (including phenoxy) is 1. The minimum Gasteiger partial charge on any atom is -0.381 e. The Morgan fingerprint density at radius 3 is 3.22 bits per heavy atom. The average Bonchev–Trinajstić information content (AvgIpc) is 2.87. The summed E-state index contributed by atoms with van der Waals surface area (Å²) in [5.41, 5.74) is -0.0259. The van der Waals surface area contributed by atoms with E-state index in [0.29, 0.717) is 11.7 Å². The van der Waals surface area contributed by atoms with E-state index in [-0.39, 0.29) is 5.56 Å². The summed E-state index contributed by atoms with van der Waals surface area (Å²) >= 11 is 0. The molecule has 1 aromatic rings. The van der Waals surface area contributed by atoms with Crippen LogP contribution in [0.4, 0.5) is 5.82 Å². The summed E-state index contributed by atoms with van der Waals surface area (Å²) in [7, 11) is 0. The summed E-state index contributed by atoms with van der Waals surface area (Å²) in [5, 5.41) is 3.14. The molecule has 1 N–H and O–H groups in total. The maximum atomic E-state index is 12.0. The number of hydrogen-bond acceptors (Lipinski definition) is 4. The molecule has 0 aromatic carbocycles. The van der Waals surface area contributed by atoms with Gasteiger partial charge in [0.25, 0.3) is 5.56 Å². The Kier molecular flexibility index (Phi) is 4.75. The molecule has 5 nitrogen and oxygen atoms in total. The second-order valence-corrected chi connectivity index (χ2v) is 4.72. The lowest BCUT2D eigenvalue weighted by atomic mass is 10.1. The van der Waals surface area contributed by atoms with Crippen molar-refractivity contribution in [1.82, 2.24) is 9.55 Å². The third-order valence-electron chi connectivity index (χ3n) is 3.25. The highest BCUT2D eigenvalue weighted by Crippen LogP contribution is 2.15. The van der Waals surface area contributed by atoms with Crippen molar-refractivity contribution in [3.8, 4) is 0 Å². The number of rotatable bonds is 6. The first kappa shape index (κ1) is 13.1. The minimum atomic E-state index is -0.0259. The van der Waals surface area contributed by atoms with Gasteiger partial charge in [-0.05, 0) is 25.2 Å². The first-order chi connectivity index (χ1) is 8.81. The van der Waals surface area contributed by atoms with Crippen LogP contribution in [0, 0.1) is 5.92 Å². The van der Waals surface area contributed by atoms with Crippen molar-refractivity contribution in [2.24, 2.45) is 5.92 Å². The summed E-state index contributed by atoms with van der Waals surface area (Å²) in [6.45, 7) is 5.31. The number of anilines is 1. The molecule has 0 saturated carbocycles. The van der Waals surface area contributed by atoms with Crippen molar-refractivity contribution >= 4 is 5.82 Å². The van der Waals surface area contributed by atoms with E-state index in [1.54, 1.807) is 17.0 Å². The molecule has 1 aliphatic heterocycles. The molecule has 1 unspecified atom stereocenters. The molecule has 1 aliphatic rings. The van der Waals surface area contributed by atoms with E-state index in [2.05, 4.69) is 17.2 Å². The third-order valence-corrected chi connectivity index (χ3v) is 3.25. The molecule has 1 saturated heterocycles. The molecule has 0 aliphatic carbocycles. The monoisotopic (exact) mass is 251 g/mol. The van der Waals surface area contributed by atoms with Crippen molar-refractivity contribution in [2.75, 3.05) is 25.1 Å². The predicted octanol–water partition coefficient (Wildman–Crippen LogP) is 1.49. The van der Waals surface area contributed by atoms with E-state index < -0.39 is 0 Å². The van der Waals surface area contributed by atoms with Crippen LogP contribution >= 0.6 is 0 Å². The van der Waals surface area contributed by atoms with E-state index in [4.69, 9.17) is 4.74 Å². The Morgan fingerprint density at radius 1 is 1.61 bits per heavy atom. The maximum Gasteiger partial charge on any atom is 0.293 e. The molecule has 100 valence electrons. The summed E-state index contributed by atoms with van der Waals surface area (Å²) in [6.07, 6.45) is 6.52. The first-order valence-electron chi connectivity index (χ1n) is 6.68. The van der Waals surface area contributed by atoms with Crippen LogP contribution in [0.25, 0.3) is 0 Å². The average molecular weight is 251 g/mol. The Bertz CT molecular complexity index is 424. The molecule has 2 heterocycles. The van der Waals surface area contributed by atoms with Gasteiger partial charge in [0, 0.05) is 38.7 Å². The van der Waals surface area contributed by atoms with Crippen LogP contribution < -0.4 is 10.9 Å². The molecule has 1 fully saturated rings. The Hall–Kier alpha value is -1.36. The molecule has 0 amide bonds. The SMILES string of the molecule is CCCn1ccnc(NCCC2CCOC2)c1=O. The summed E-state index contributed by atoms with van der Waals surface area (Å²) in [4.78, 5) is 16.1. The van der Waals surface area contributed by atoms with Crippen molar-refractivity contribution in [2.45, 2.75) is 32.7 Å². The van der Waals surface area contributed by atoms with Crippen LogP contribution in [0.2, 0.25) is 0 Å². The molecule has 1 atom stereocenters. The van der Waals surface area contributed by atoms with Gasteiger partial charge in [0.2, 0.25) is 0 Å². The molecule has 0 radical (unpaired) electrons. The van der Waals surface area contributed by atoms with Crippen molar-refractivity contribution in [3.05, 3.63) is 22.7 Å². The van der Waals surface area contributed by atoms with E-state index in [0.717, 1.165) is 45.6 Å². The van der Waals surface area contributed by atoms with Crippen molar-refractivity contribution in [1.29, 1.82) is 0 Å². The fourth-order valence-electron chi connectivity index (χ4n) is 2.19. The highest BCUT2D eigenvalue weighted by Gasteiger charge is 2.15. The quantitative estimate of drug-likeness (QED) is 0.832. The van der Waals surface area contributed by atoms with Gasteiger partial charge < -0.3 is 14.6 Å². The van der Waals surface area contributed by atoms with Gasteiger partial charge in [-0.15, -0.1) is 0 Å². The molecule has 0 spiro atoms. The van der Waals surface area contributed by atoms with Crippen molar-refractivity contribution < 1.29 is 4.74 Å². The number of aromatic nitrogens is 2. The normalized spacial score (nSPS) is 19.1. The molecular formula is C13H21N3O2. The van der Waals surface area contributed by atoms with Crippen molar-refractivity contribution in [3.63, 3.8) is 0 Å². The predicted molar refractivity (Wildman–Crippen MR) is 70.8 cm³/mol.